The van der Waals surface area contributed by atoms with Crippen LogP contribution in [0.5, 0.6) is 5.75 Å². The van der Waals surface area contributed by atoms with E-state index in [4.69, 9.17) is 4.74 Å². The van der Waals surface area contributed by atoms with E-state index < -0.39 is 0 Å². The summed E-state index contributed by atoms with van der Waals surface area (Å²) in [5, 5.41) is 21.0. The molecule has 2 heterocycles. The summed E-state index contributed by atoms with van der Waals surface area (Å²) in [6.45, 7) is 0.512. The number of hydrogen-bond acceptors (Lipinski definition) is 8. The second-order valence-electron chi connectivity index (χ2n) is 5.65. The number of benzene rings is 2. The predicted octanol–water partition coefficient (Wildman–Crippen LogP) is 1.58. The van der Waals surface area contributed by atoms with Gasteiger partial charge in [0.1, 0.15) is 11.3 Å². The number of methoxy groups -OCH3 is 1. The number of aromatic nitrogens is 7. The van der Waals surface area contributed by atoms with Gasteiger partial charge in [0.15, 0.2) is 0 Å². The van der Waals surface area contributed by atoms with Crippen LogP contribution in [0.2, 0.25) is 0 Å². The minimum Gasteiger partial charge on any atom is -0.497 e. The van der Waals surface area contributed by atoms with Gasteiger partial charge in [0.2, 0.25) is 5.16 Å². The highest BCUT2D eigenvalue weighted by molar-refractivity contribution is 7.98. The highest BCUT2D eigenvalue weighted by atomic mass is 32.2. The van der Waals surface area contributed by atoms with Crippen LogP contribution in [-0.2, 0) is 12.4 Å². The smallest absolute Gasteiger partial charge is 0.278 e. The summed E-state index contributed by atoms with van der Waals surface area (Å²) in [7, 11) is 1.63. The summed E-state index contributed by atoms with van der Waals surface area (Å²) in [6, 6.07) is 14.8. The van der Waals surface area contributed by atoms with E-state index >= 15 is 0 Å². The predicted molar refractivity (Wildman–Crippen MR) is 99.6 cm³/mol. The summed E-state index contributed by atoms with van der Waals surface area (Å²) in [4.78, 5) is 12.5. The van der Waals surface area contributed by atoms with Crippen molar-refractivity contribution < 1.29 is 4.74 Å². The molecular weight excluding hydrogens is 366 g/mol. The molecule has 0 saturated carbocycles. The molecule has 2 aromatic carbocycles. The van der Waals surface area contributed by atoms with Crippen LogP contribution in [0.15, 0.2) is 58.5 Å². The molecule has 9 nitrogen and oxygen atoms in total. The Morgan fingerprint density at radius 1 is 1.00 bits per heavy atom. The number of fused-ring (bicyclic) bond motifs is 1. The van der Waals surface area contributed by atoms with E-state index in [1.54, 1.807) is 30.0 Å². The van der Waals surface area contributed by atoms with Crippen LogP contribution < -0.4 is 10.3 Å². The molecule has 0 aliphatic carbocycles. The Hall–Kier alpha value is -3.27. The van der Waals surface area contributed by atoms with E-state index in [-0.39, 0.29) is 11.4 Å². The maximum atomic E-state index is 12.5. The van der Waals surface area contributed by atoms with Crippen LogP contribution in [0.3, 0.4) is 0 Å². The Bertz CT molecular complexity index is 1120. The molecule has 0 aliphatic heterocycles. The first-order valence-corrected chi connectivity index (χ1v) is 9.07. The van der Waals surface area contributed by atoms with Crippen LogP contribution in [0, 0.1) is 0 Å². The topological polar surface area (TPSA) is 101 Å². The minimum absolute atomic E-state index is 0.192. The molecule has 4 aromatic rings. The molecule has 0 radical (unpaired) electrons. The van der Waals surface area contributed by atoms with E-state index in [2.05, 4.69) is 25.8 Å². The van der Waals surface area contributed by atoms with Crippen molar-refractivity contribution >= 4 is 22.7 Å². The largest absolute Gasteiger partial charge is 0.497 e. The van der Waals surface area contributed by atoms with Gasteiger partial charge in [-0.25, -0.2) is 4.68 Å². The third kappa shape index (κ3) is 3.65. The fourth-order valence-corrected chi connectivity index (χ4v) is 3.28. The second-order valence-corrected chi connectivity index (χ2v) is 6.56. The zero-order valence-corrected chi connectivity index (χ0v) is 15.2. The van der Waals surface area contributed by atoms with Crippen molar-refractivity contribution in [3.8, 4) is 5.75 Å². The maximum Gasteiger partial charge on any atom is 0.278 e. The zero-order chi connectivity index (χ0) is 18.6. The monoisotopic (exact) mass is 381 g/mol. The molecule has 0 amide bonds. The lowest BCUT2D eigenvalue weighted by molar-refractivity contribution is 0.414. The highest BCUT2D eigenvalue weighted by Gasteiger charge is 2.10. The molecular formula is C17H15N7O2S. The zero-order valence-electron chi connectivity index (χ0n) is 14.4. The number of ether oxygens (including phenoxy) is 1. The van der Waals surface area contributed by atoms with Gasteiger partial charge >= 0.3 is 0 Å². The van der Waals surface area contributed by atoms with Crippen LogP contribution in [0.4, 0.5) is 0 Å². The lowest BCUT2D eigenvalue weighted by Gasteiger charge is -2.06. The van der Waals surface area contributed by atoms with Crippen molar-refractivity contribution in [1.29, 1.82) is 0 Å². The van der Waals surface area contributed by atoms with Crippen molar-refractivity contribution in [3.05, 3.63) is 64.4 Å². The Balaban J connectivity index is 1.50. The minimum atomic E-state index is -0.192. The Morgan fingerprint density at radius 2 is 1.81 bits per heavy atom. The fraction of sp³-hybridized carbons (Fsp3) is 0.176. The van der Waals surface area contributed by atoms with Crippen LogP contribution in [-0.4, -0.2) is 42.3 Å². The summed E-state index contributed by atoms with van der Waals surface area (Å²) in [5.41, 5.74) is 1.42. The van der Waals surface area contributed by atoms with Crippen LogP contribution >= 0.6 is 11.8 Å². The molecule has 0 unspecified atom stereocenters. The molecule has 0 aliphatic rings. The van der Waals surface area contributed by atoms with Crippen LogP contribution in [0.25, 0.3) is 10.9 Å². The molecule has 0 bridgehead atoms. The van der Waals surface area contributed by atoms with E-state index in [9.17, 15) is 4.79 Å². The SMILES string of the molecule is COc1ccc(Cn2nnnc2SCn2nnc3ccccc3c2=O)cc1. The first-order chi connectivity index (χ1) is 13.2. The van der Waals surface area contributed by atoms with E-state index in [1.165, 1.54) is 16.4 Å². The fourth-order valence-electron chi connectivity index (χ4n) is 2.53. The summed E-state index contributed by atoms with van der Waals surface area (Å²) in [5.74, 6) is 1.05. The van der Waals surface area contributed by atoms with Crippen molar-refractivity contribution in [3.63, 3.8) is 0 Å². The third-order valence-electron chi connectivity index (χ3n) is 3.94. The average molecular weight is 381 g/mol. The number of thioether (sulfide) groups is 1. The van der Waals surface area contributed by atoms with Gasteiger partial charge in [-0.1, -0.05) is 41.2 Å². The Kier molecular flexibility index (Phi) is 4.79. The number of tetrazole rings is 1. The summed E-state index contributed by atoms with van der Waals surface area (Å²) < 4.78 is 8.14. The van der Waals surface area contributed by atoms with Crippen molar-refractivity contribution in [2.24, 2.45) is 0 Å². The molecule has 2 aromatic heterocycles. The maximum absolute atomic E-state index is 12.5. The number of nitrogens with zero attached hydrogens (tertiary/aromatic N) is 7. The lowest BCUT2D eigenvalue weighted by Crippen LogP contribution is -2.23. The van der Waals surface area contributed by atoms with E-state index in [0.717, 1.165) is 11.3 Å². The molecule has 0 spiro atoms. The van der Waals surface area contributed by atoms with E-state index in [1.807, 2.05) is 30.3 Å². The summed E-state index contributed by atoms with van der Waals surface area (Å²) >= 11 is 1.32. The van der Waals surface area contributed by atoms with Crippen molar-refractivity contribution in [1.82, 2.24) is 35.2 Å². The van der Waals surface area contributed by atoms with Crippen molar-refractivity contribution in [2.75, 3.05) is 7.11 Å². The lowest BCUT2D eigenvalue weighted by atomic mass is 10.2. The molecule has 0 fully saturated rings. The van der Waals surface area contributed by atoms with Gasteiger partial charge in [0.25, 0.3) is 5.56 Å². The van der Waals surface area contributed by atoms with E-state index in [0.29, 0.717) is 22.6 Å². The molecule has 0 atom stereocenters. The van der Waals surface area contributed by atoms with Crippen molar-refractivity contribution in [2.45, 2.75) is 17.6 Å². The average Bonchev–Trinajstić information content (AvgIpc) is 3.15. The quantitative estimate of drug-likeness (QED) is 0.464. The third-order valence-corrected chi connectivity index (χ3v) is 4.86. The Morgan fingerprint density at radius 3 is 2.63 bits per heavy atom. The van der Waals surface area contributed by atoms with Gasteiger partial charge in [0, 0.05) is 0 Å². The first kappa shape index (κ1) is 17.2. The van der Waals surface area contributed by atoms with Gasteiger partial charge < -0.3 is 4.74 Å². The molecule has 0 N–H and O–H groups in total. The molecule has 0 saturated heterocycles. The molecule has 4 rings (SSSR count). The number of rotatable bonds is 6. The van der Waals surface area contributed by atoms with Gasteiger partial charge in [-0.05, 0) is 40.3 Å². The summed E-state index contributed by atoms with van der Waals surface area (Å²) in [6.07, 6.45) is 0. The normalized spacial score (nSPS) is 11.0. The van der Waals surface area contributed by atoms with Gasteiger partial charge in [-0.2, -0.15) is 4.68 Å². The van der Waals surface area contributed by atoms with Crippen LogP contribution in [0.1, 0.15) is 5.56 Å². The Labute approximate surface area is 158 Å². The highest BCUT2D eigenvalue weighted by Crippen LogP contribution is 2.18. The van der Waals surface area contributed by atoms with Gasteiger partial charge in [-0.15, -0.1) is 10.2 Å². The first-order valence-electron chi connectivity index (χ1n) is 8.09. The molecule has 27 heavy (non-hydrogen) atoms. The molecule has 10 heteroatoms. The van der Waals surface area contributed by atoms with Gasteiger partial charge in [0.05, 0.1) is 24.9 Å². The number of hydrogen-bond donors (Lipinski definition) is 0. The molecule has 136 valence electrons. The van der Waals surface area contributed by atoms with Gasteiger partial charge in [-0.3, -0.25) is 4.79 Å². The second kappa shape index (κ2) is 7.54. The standard InChI is InChI=1S/C17H15N7O2S/c1-26-13-8-6-12(7-9-13)10-23-17(19-20-22-23)27-11-24-16(25)14-4-2-3-5-15(14)18-21-24/h2-9H,10-11H2,1H3.